The van der Waals surface area contributed by atoms with E-state index >= 15 is 0 Å². The lowest BCUT2D eigenvalue weighted by molar-refractivity contribution is -0.519. The van der Waals surface area contributed by atoms with Crippen molar-refractivity contribution < 1.29 is 17.5 Å². The largest absolute Gasteiger partial charge is 0.739 e. The average molecular weight is 778 g/mol. The molecule has 1 aliphatic heterocycles. The van der Waals surface area contributed by atoms with Gasteiger partial charge in [-0.15, -0.1) is 11.3 Å². The van der Waals surface area contributed by atoms with Gasteiger partial charge in [0.05, 0.1) is 32.2 Å². The van der Waals surface area contributed by atoms with E-state index in [9.17, 15) is 13.0 Å². The van der Waals surface area contributed by atoms with E-state index in [0.717, 1.165) is 75.0 Å². The molecular formula is C41H57N6O3S3+. The van der Waals surface area contributed by atoms with E-state index in [1.54, 1.807) is 12.1 Å². The number of nitrogens with zero attached hydrogens (tertiary/aromatic N) is 6. The first kappa shape index (κ1) is 43.6. The van der Waals surface area contributed by atoms with Crippen LogP contribution in [0.3, 0.4) is 0 Å². The first-order chi connectivity index (χ1) is 25.0. The summed E-state index contributed by atoms with van der Waals surface area (Å²) in [5, 5.41) is 1.28. The number of aromatic nitrogens is 1. The van der Waals surface area contributed by atoms with Gasteiger partial charge in [0.1, 0.15) is 26.2 Å². The number of aliphatic imine (C=N–C) groups is 1. The molecule has 53 heavy (non-hydrogen) atoms. The molecule has 3 aliphatic rings. The first-order valence-electron chi connectivity index (χ1n) is 18.3. The molecule has 0 saturated heterocycles. The number of anilines is 2. The van der Waals surface area contributed by atoms with E-state index in [1.165, 1.54) is 20.6 Å². The maximum Gasteiger partial charge on any atom is 0.201 e. The molecule has 0 N–H and O–H groups in total. The first-order valence-corrected chi connectivity index (χ1v) is 21.8. The summed E-state index contributed by atoms with van der Waals surface area (Å²) in [7, 11) is -4.19. The molecule has 0 spiro atoms. The Morgan fingerprint density at radius 1 is 0.736 bits per heavy atom. The average Bonchev–Trinajstić information content (AvgIpc) is 3.14. The second kappa shape index (κ2) is 20.6. The lowest BCUT2D eigenvalue weighted by Gasteiger charge is -2.22. The Bertz CT molecular complexity index is 2080. The van der Waals surface area contributed by atoms with Gasteiger partial charge in [0.15, 0.2) is 14.9 Å². The Morgan fingerprint density at radius 3 is 1.85 bits per heavy atom. The van der Waals surface area contributed by atoms with E-state index in [0.29, 0.717) is 27.1 Å². The molecule has 0 amide bonds. The van der Waals surface area contributed by atoms with Crippen molar-refractivity contribution in [3.05, 3.63) is 84.3 Å². The normalized spacial score (nSPS) is 12.3. The summed E-state index contributed by atoms with van der Waals surface area (Å²) in [5.41, 5.74) is 6.60. The minimum atomic E-state index is -4.49. The SMILES string of the molecule is C.CCN(CC)c1ccc(N=C2C=CC(=[N+](CC)CC)C=C2)c(SS(=O)(=O)[O-])c1.CCN(CC)c1ccc2nc3ccc(=[N+](CC)CC)cc-3sc2c1. The molecule has 286 valence electrons. The molecule has 1 heterocycles. The van der Waals surface area contributed by atoms with E-state index < -0.39 is 9.15 Å². The Kier molecular flexibility index (Phi) is 16.9. The topological polar surface area (TPSA) is 95.0 Å². The zero-order chi connectivity index (χ0) is 37.8. The van der Waals surface area contributed by atoms with Gasteiger partial charge in [0, 0.05) is 66.7 Å². The van der Waals surface area contributed by atoms with Crippen molar-refractivity contribution in [3.63, 3.8) is 0 Å². The third-order valence-corrected chi connectivity index (χ3v) is 12.1. The standard InChI is InChI=1S/C20H27N3O3S2.C20H26N3S.CH4/c1-5-22(6-2)17-11-9-16(10-12-17)21-19-14-13-18(23(7-3)8-4)15-20(19)27-28(24,25)26;1-5-22(6-2)15-9-11-17-19(13-15)24-20-14-16(23(7-3)8-4)10-12-18(20)21-17;/h9-15H,5-8H2,1-4H3;9-14H,5-8H2,1-4H3;1H4/q;+1;. The van der Waals surface area contributed by atoms with Gasteiger partial charge in [-0.3, -0.25) is 0 Å². The molecule has 12 heteroatoms. The highest BCUT2D eigenvalue weighted by molar-refractivity contribution is 8.69. The minimum Gasteiger partial charge on any atom is -0.739 e. The lowest BCUT2D eigenvalue weighted by Crippen LogP contribution is -2.29. The van der Waals surface area contributed by atoms with Gasteiger partial charge < -0.3 is 14.4 Å². The molecule has 0 radical (unpaired) electrons. The van der Waals surface area contributed by atoms with E-state index in [-0.39, 0.29) is 7.43 Å². The van der Waals surface area contributed by atoms with Crippen LogP contribution in [0, 0.1) is 0 Å². The van der Waals surface area contributed by atoms with Crippen LogP contribution >= 0.6 is 22.1 Å². The van der Waals surface area contributed by atoms with Gasteiger partial charge in [-0.2, -0.15) is 0 Å². The monoisotopic (exact) mass is 777 g/mol. The van der Waals surface area contributed by atoms with Crippen LogP contribution in [0.2, 0.25) is 0 Å². The van der Waals surface area contributed by atoms with Crippen LogP contribution in [-0.2, 0) is 9.15 Å². The fourth-order valence-corrected chi connectivity index (χ4v) is 8.88. The summed E-state index contributed by atoms with van der Waals surface area (Å²) >= 11 is 1.84. The molecule has 0 saturated carbocycles. The van der Waals surface area contributed by atoms with Crippen molar-refractivity contribution in [2.24, 2.45) is 4.99 Å². The van der Waals surface area contributed by atoms with Gasteiger partial charge in [-0.1, -0.05) is 7.43 Å². The minimum absolute atomic E-state index is 0. The summed E-state index contributed by atoms with van der Waals surface area (Å²) in [4.78, 5) is 15.5. The van der Waals surface area contributed by atoms with Crippen molar-refractivity contribution in [3.8, 4) is 10.6 Å². The second-order valence-corrected chi connectivity index (χ2v) is 16.2. The van der Waals surface area contributed by atoms with Crippen LogP contribution in [-0.4, -0.2) is 86.3 Å². The highest BCUT2D eigenvalue weighted by atomic mass is 33.1. The van der Waals surface area contributed by atoms with E-state index in [2.05, 4.69) is 102 Å². The molecule has 0 aromatic heterocycles. The van der Waals surface area contributed by atoms with Gasteiger partial charge in [0.2, 0.25) is 5.36 Å². The van der Waals surface area contributed by atoms with Crippen molar-refractivity contribution in [1.82, 2.24) is 9.56 Å². The summed E-state index contributed by atoms with van der Waals surface area (Å²) in [6.45, 7) is 24.6. The Labute approximate surface area is 325 Å². The molecular weight excluding hydrogens is 721 g/mol. The Balaban J connectivity index is 0.000000283. The predicted molar refractivity (Wildman–Crippen MR) is 230 cm³/mol. The fraction of sp³-hybridized carbons (Fsp3) is 0.415. The molecule has 0 bridgehead atoms. The van der Waals surface area contributed by atoms with Gasteiger partial charge in [0.25, 0.3) is 0 Å². The number of allylic oxidation sites excluding steroid dienone is 4. The van der Waals surface area contributed by atoms with E-state index in [4.69, 9.17) is 4.98 Å². The number of benzene rings is 3. The van der Waals surface area contributed by atoms with Gasteiger partial charge >= 0.3 is 0 Å². The third kappa shape index (κ3) is 11.6. The lowest BCUT2D eigenvalue weighted by atomic mass is 10.1. The highest BCUT2D eigenvalue weighted by Gasteiger charge is 2.14. The number of rotatable bonds is 13. The molecule has 2 aliphatic carbocycles. The maximum atomic E-state index is 11.4. The Hall–Kier alpha value is -3.84. The molecule has 5 rings (SSSR count). The summed E-state index contributed by atoms with van der Waals surface area (Å²) in [6, 6.07) is 18.6. The number of fused-ring (bicyclic) bond motifs is 2. The molecule has 2 aromatic rings. The summed E-state index contributed by atoms with van der Waals surface area (Å²) in [5.74, 6) is 0. The van der Waals surface area contributed by atoms with E-state index in [1.807, 2.05) is 55.6 Å². The quantitative estimate of drug-likeness (QED) is 0.0442. The Morgan fingerprint density at radius 2 is 1.30 bits per heavy atom. The van der Waals surface area contributed by atoms with Gasteiger partial charge in [-0.05, 0) is 121 Å². The van der Waals surface area contributed by atoms with Crippen LogP contribution in [0.5, 0.6) is 0 Å². The van der Waals surface area contributed by atoms with Crippen LogP contribution in [0.25, 0.3) is 20.8 Å². The smallest absolute Gasteiger partial charge is 0.201 e. The van der Waals surface area contributed by atoms with Crippen LogP contribution in [0.1, 0.15) is 62.8 Å². The van der Waals surface area contributed by atoms with Crippen molar-refractivity contribution in [1.29, 1.82) is 0 Å². The number of hydrogen-bond donors (Lipinski definition) is 0. The molecule has 0 atom stereocenters. The van der Waals surface area contributed by atoms with Crippen molar-refractivity contribution in [2.45, 2.75) is 67.7 Å². The van der Waals surface area contributed by atoms with Crippen LogP contribution in [0.15, 0.2) is 88.8 Å². The summed E-state index contributed by atoms with van der Waals surface area (Å²) < 4.78 is 39.9. The second-order valence-electron chi connectivity index (χ2n) is 12.0. The zero-order valence-corrected chi connectivity index (χ0v) is 34.2. The maximum absolute atomic E-state index is 11.4. The number of hydrogen-bond acceptors (Lipinski definition) is 9. The van der Waals surface area contributed by atoms with Crippen molar-refractivity contribution >= 4 is 70.0 Å². The van der Waals surface area contributed by atoms with Crippen LogP contribution in [0.4, 0.5) is 17.1 Å². The third-order valence-electron chi connectivity index (χ3n) is 9.10. The van der Waals surface area contributed by atoms with Crippen molar-refractivity contribution in [2.75, 3.05) is 62.2 Å². The fourth-order valence-electron chi connectivity index (χ4n) is 6.20. The summed E-state index contributed by atoms with van der Waals surface area (Å²) in [6.07, 6.45) is 7.78. The molecule has 2 aromatic carbocycles. The zero-order valence-electron chi connectivity index (χ0n) is 31.8. The highest BCUT2D eigenvalue weighted by Crippen LogP contribution is 2.36. The molecule has 0 fully saturated rings. The van der Waals surface area contributed by atoms with Crippen LogP contribution < -0.4 is 19.7 Å². The molecule has 0 unspecified atom stereocenters. The predicted octanol–water partition coefficient (Wildman–Crippen LogP) is 8.47. The molecule has 9 nitrogen and oxygen atoms in total. The van der Waals surface area contributed by atoms with Gasteiger partial charge in [-0.25, -0.2) is 27.5 Å².